The molecule has 0 N–H and O–H groups in total. The summed E-state index contributed by atoms with van der Waals surface area (Å²) in [5.74, 6) is -1.00. The molecule has 1 rings (SSSR count). The Morgan fingerprint density at radius 3 is 2.64 bits per heavy atom. The van der Waals surface area contributed by atoms with Crippen molar-refractivity contribution in [3.63, 3.8) is 0 Å². The molecule has 0 amide bonds. The first kappa shape index (κ1) is 8.31. The molecule has 0 aliphatic heterocycles. The monoisotopic (exact) mass is 153 g/mol. The molecule has 0 radical (unpaired) electrons. The van der Waals surface area contributed by atoms with E-state index in [1.54, 1.807) is 6.08 Å². The molecule has 2 heteroatoms. The number of carbonyl (C=O) groups is 1. The standard InChI is InChI=1S/C9H14O2/c1-9(2)5-3-4-7(6-9)8(10)11/h4H,3,5-6H2,1-2H3,(H,10,11)/p-1. The summed E-state index contributed by atoms with van der Waals surface area (Å²) in [6.45, 7) is 4.17. The Labute approximate surface area is 66.9 Å². The fourth-order valence-corrected chi connectivity index (χ4v) is 1.47. The van der Waals surface area contributed by atoms with Gasteiger partial charge in [-0.3, -0.25) is 0 Å². The highest BCUT2D eigenvalue weighted by Gasteiger charge is 2.22. The van der Waals surface area contributed by atoms with Gasteiger partial charge in [-0.05, 0) is 30.3 Å². The van der Waals surface area contributed by atoms with Gasteiger partial charge in [-0.2, -0.15) is 0 Å². The minimum atomic E-state index is -1.00. The average Bonchev–Trinajstić information content (AvgIpc) is 1.85. The van der Waals surface area contributed by atoms with Crippen molar-refractivity contribution in [3.05, 3.63) is 11.6 Å². The van der Waals surface area contributed by atoms with Crippen molar-refractivity contribution in [2.24, 2.45) is 5.41 Å². The number of carboxylic acids is 1. The summed E-state index contributed by atoms with van der Waals surface area (Å²) in [6, 6.07) is 0. The zero-order valence-electron chi connectivity index (χ0n) is 7.02. The smallest absolute Gasteiger partial charge is 0.0671 e. The summed E-state index contributed by atoms with van der Waals surface area (Å²) in [5.41, 5.74) is 0.616. The SMILES string of the molecule is CC1(C)CCC=C(C(=O)[O-])C1. The van der Waals surface area contributed by atoms with Crippen LogP contribution in [0, 0.1) is 5.41 Å². The number of carboxylic acid groups (broad SMARTS) is 1. The van der Waals surface area contributed by atoms with Crippen LogP contribution in [0.5, 0.6) is 0 Å². The molecule has 0 saturated heterocycles. The van der Waals surface area contributed by atoms with Crippen LogP contribution in [-0.4, -0.2) is 5.97 Å². The van der Waals surface area contributed by atoms with E-state index in [0.29, 0.717) is 12.0 Å². The Morgan fingerprint density at radius 2 is 2.27 bits per heavy atom. The molecule has 0 aromatic carbocycles. The van der Waals surface area contributed by atoms with Crippen LogP contribution in [0.3, 0.4) is 0 Å². The van der Waals surface area contributed by atoms with E-state index in [9.17, 15) is 9.90 Å². The molecule has 2 nitrogen and oxygen atoms in total. The number of allylic oxidation sites excluding steroid dienone is 1. The van der Waals surface area contributed by atoms with E-state index in [1.807, 2.05) is 0 Å². The van der Waals surface area contributed by atoms with Crippen molar-refractivity contribution in [2.75, 3.05) is 0 Å². The number of hydrogen-bond donors (Lipinski definition) is 0. The first-order valence-electron chi connectivity index (χ1n) is 3.92. The lowest BCUT2D eigenvalue weighted by atomic mass is 9.77. The Kier molecular flexibility index (Phi) is 2.03. The van der Waals surface area contributed by atoms with Crippen LogP contribution in [0.2, 0.25) is 0 Å². The summed E-state index contributed by atoms with van der Waals surface area (Å²) in [5, 5.41) is 10.5. The van der Waals surface area contributed by atoms with Crippen molar-refractivity contribution in [3.8, 4) is 0 Å². The molecule has 0 unspecified atom stereocenters. The lowest BCUT2D eigenvalue weighted by molar-refractivity contribution is -0.299. The molecule has 62 valence electrons. The summed E-state index contributed by atoms with van der Waals surface area (Å²) >= 11 is 0. The molecule has 0 atom stereocenters. The normalized spacial score (nSPS) is 22.5. The molecular weight excluding hydrogens is 140 g/mol. The van der Waals surface area contributed by atoms with Crippen LogP contribution < -0.4 is 5.11 Å². The molecule has 0 aromatic heterocycles. The third-order valence-corrected chi connectivity index (χ3v) is 2.14. The first-order valence-corrected chi connectivity index (χ1v) is 3.92. The van der Waals surface area contributed by atoms with Gasteiger partial charge in [-0.25, -0.2) is 0 Å². The van der Waals surface area contributed by atoms with Crippen LogP contribution in [0.15, 0.2) is 11.6 Å². The maximum absolute atomic E-state index is 10.5. The van der Waals surface area contributed by atoms with E-state index in [-0.39, 0.29) is 5.41 Å². The summed E-state index contributed by atoms with van der Waals surface area (Å²) in [4.78, 5) is 10.5. The molecule has 11 heavy (non-hydrogen) atoms. The third kappa shape index (κ3) is 2.07. The van der Waals surface area contributed by atoms with Gasteiger partial charge in [-0.1, -0.05) is 19.9 Å². The van der Waals surface area contributed by atoms with Crippen LogP contribution in [0.25, 0.3) is 0 Å². The molecule has 0 saturated carbocycles. The van der Waals surface area contributed by atoms with E-state index in [4.69, 9.17) is 0 Å². The lowest BCUT2D eigenvalue weighted by Gasteiger charge is -2.29. The minimum absolute atomic E-state index is 0.143. The largest absolute Gasteiger partial charge is 0.545 e. The fourth-order valence-electron chi connectivity index (χ4n) is 1.47. The molecule has 1 aliphatic carbocycles. The predicted molar refractivity (Wildman–Crippen MR) is 40.7 cm³/mol. The number of carbonyl (C=O) groups excluding carboxylic acids is 1. The lowest BCUT2D eigenvalue weighted by Crippen LogP contribution is -2.29. The summed E-state index contributed by atoms with van der Waals surface area (Å²) in [7, 11) is 0. The number of aliphatic carboxylic acids is 1. The molecule has 0 spiro atoms. The molecule has 0 bridgehead atoms. The van der Waals surface area contributed by atoms with Crippen LogP contribution in [0.4, 0.5) is 0 Å². The Hall–Kier alpha value is -0.790. The number of rotatable bonds is 1. The third-order valence-electron chi connectivity index (χ3n) is 2.14. The van der Waals surface area contributed by atoms with Crippen molar-refractivity contribution in [1.82, 2.24) is 0 Å². The van der Waals surface area contributed by atoms with Gasteiger partial charge in [-0.15, -0.1) is 0 Å². The zero-order valence-corrected chi connectivity index (χ0v) is 7.02. The maximum Gasteiger partial charge on any atom is 0.0671 e. The first-order chi connectivity index (χ1) is 5.01. The Morgan fingerprint density at radius 1 is 1.64 bits per heavy atom. The maximum atomic E-state index is 10.5. The van der Waals surface area contributed by atoms with Crippen molar-refractivity contribution in [2.45, 2.75) is 33.1 Å². The van der Waals surface area contributed by atoms with E-state index in [1.165, 1.54) is 0 Å². The van der Waals surface area contributed by atoms with Gasteiger partial charge in [0.1, 0.15) is 0 Å². The average molecular weight is 153 g/mol. The van der Waals surface area contributed by atoms with Crippen molar-refractivity contribution >= 4 is 5.97 Å². The second-order valence-corrected chi connectivity index (χ2v) is 3.90. The van der Waals surface area contributed by atoms with Gasteiger partial charge in [0.25, 0.3) is 0 Å². The molecule has 0 fully saturated rings. The van der Waals surface area contributed by atoms with Crippen LogP contribution >= 0.6 is 0 Å². The van der Waals surface area contributed by atoms with Crippen LogP contribution in [0.1, 0.15) is 33.1 Å². The van der Waals surface area contributed by atoms with Gasteiger partial charge < -0.3 is 9.90 Å². The zero-order chi connectivity index (χ0) is 8.48. The van der Waals surface area contributed by atoms with Crippen LogP contribution in [-0.2, 0) is 4.79 Å². The Balaban J connectivity index is 2.71. The molecule has 0 aromatic rings. The molecule has 1 aliphatic rings. The molecule has 0 heterocycles. The quantitative estimate of drug-likeness (QED) is 0.561. The highest BCUT2D eigenvalue weighted by molar-refractivity contribution is 5.84. The highest BCUT2D eigenvalue weighted by atomic mass is 16.4. The van der Waals surface area contributed by atoms with Gasteiger partial charge in [0, 0.05) is 0 Å². The van der Waals surface area contributed by atoms with Gasteiger partial charge in [0.2, 0.25) is 0 Å². The highest BCUT2D eigenvalue weighted by Crippen LogP contribution is 2.34. The summed E-state index contributed by atoms with van der Waals surface area (Å²) in [6.07, 6.45) is 4.37. The topological polar surface area (TPSA) is 40.1 Å². The minimum Gasteiger partial charge on any atom is -0.545 e. The second-order valence-electron chi connectivity index (χ2n) is 3.90. The van der Waals surface area contributed by atoms with E-state index in [0.717, 1.165) is 12.8 Å². The van der Waals surface area contributed by atoms with E-state index >= 15 is 0 Å². The number of hydrogen-bond acceptors (Lipinski definition) is 2. The summed E-state index contributed by atoms with van der Waals surface area (Å²) < 4.78 is 0. The predicted octanol–water partition coefficient (Wildman–Crippen LogP) is 0.873. The Bertz CT molecular complexity index is 202. The fraction of sp³-hybridized carbons (Fsp3) is 0.667. The van der Waals surface area contributed by atoms with Gasteiger partial charge in [0.15, 0.2) is 0 Å². The van der Waals surface area contributed by atoms with E-state index < -0.39 is 5.97 Å². The molecular formula is C9H13O2-. The van der Waals surface area contributed by atoms with Crippen molar-refractivity contribution < 1.29 is 9.90 Å². The van der Waals surface area contributed by atoms with E-state index in [2.05, 4.69) is 13.8 Å². The van der Waals surface area contributed by atoms with Crippen molar-refractivity contribution in [1.29, 1.82) is 0 Å². The second kappa shape index (κ2) is 2.68. The van der Waals surface area contributed by atoms with Gasteiger partial charge in [0.05, 0.1) is 5.97 Å². The van der Waals surface area contributed by atoms with Gasteiger partial charge >= 0.3 is 0 Å².